The number of anilines is 1. The topological polar surface area (TPSA) is 86.0 Å². The maximum absolute atomic E-state index is 11.3. The Kier molecular flexibility index (Phi) is 4.05. The Bertz CT molecular complexity index is 447. The summed E-state index contributed by atoms with van der Waals surface area (Å²) in [5.74, 6) is -0.498. The van der Waals surface area contributed by atoms with E-state index in [0.29, 0.717) is 24.2 Å². The normalized spacial score (nSPS) is 10.6. The number of nitriles is 1. The number of aromatic nitrogens is 1. The van der Waals surface area contributed by atoms with Crippen molar-refractivity contribution < 1.29 is 9.90 Å². The van der Waals surface area contributed by atoms with Gasteiger partial charge in [-0.3, -0.25) is 0 Å². The molecule has 0 saturated carbocycles. The number of hydrogen-bond donors (Lipinski definition) is 2. The first-order chi connectivity index (χ1) is 8.07. The quantitative estimate of drug-likeness (QED) is 0.812. The number of rotatable bonds is 5. The minimum Gasteiger partial charge on any atom is -0.480 e. The van der Waals surface area contributed by atoms with Crippen molar-refractivity contribution in [2.75, 3.05) is 5.32 Å². The number of aliphatic carboxylic acids is 1. The molecule has 1 aromatic rings. The molecule has 1 aromatic heterocycles. The molecule has 0 aliphatic rings. The molecule has 90 valence electrons. The third-order valence-electron chi connectivity index (χ3n) is 2.87. The highest BCUT2D eigenvalue weighted by atomic mass is 16.4. The van der Waals surface area contributed by atoms with Gasteiger partial charge in [-0.05, 0) is 25.0 Å². The fourth-order valence-corrected chi connectivity index (χ4v) is 1.60. The summed E-state index contributed by atoms with van der Waals surface area (Å²) in [6.45, 7) is 3.61. The Balaban J connectivity index is 3.02. The largest absolute Gasteiger partial charge is 0.480 e. The van der Waals surface area contributed by atoms with Gasteiger partial charge in [-0.15, -0.1) is 0 Å². The van der Waals surface area contributed by atoms with Crippen LogP contribution < -0.4 is 5.32 Å². The van der Waals surface area contributed by atoms with Crippen molar-refractivity contribution in [2.24, 2.45) is 0 Å². The summed E-state index contributed by atoms with van der Waals surface area (Å²) in [5, 5.41) is 20.9. The number of pyridine rings is 1. The van der Waals surface area contributed by atoms with Crippen LogP contribution in [0.25, 0.3) is 0 Å². The SMILES string of the molecule is CCC(CC)(Nc1cc(C#N)ccn1)C(=O)O. The molecule has 0 radical (unpaired) electrons. The molecule has 0 aliphatic heterocycles. The summed E-state index contributed by atoms with van der Waals surface area (Å²) in [7, 11) is 0. The number of nitrogens with one attached hydrogen (secondary N) is 1. The van der Waals surface area contributed by atoms with Crippen molar-refractivity contribution in [3.05, 3.63) is 23.9 Å². The summed E-state index contributed by atoms with van der Waals surface area (Å²) in [6.07, 6.45) is 2.37. The Morgan fingerprint density at radius 3 is 2.71 bits per heavy atom. The van der Waals surface area contributed by atoms with Crippen LogP contribution in [0.5, 0.6) is 0 Å². The smallest absolute Gasteiger partial charge is 0.329 e. The summed E-state index contributed by atoms with van der Waals surface area (Å²) in [4.78, 5) is 15.3. The van der Waals surface area contributed by atoms with E-state index in [4.69, 9.17) is 5.26 Å². The van der Waals surface area contributed by atoms with Gasteiger partial charge in [0.2, 0.25) is 0 Å². The highest BCUT2D eigenvalue weighted by Gasteiger charge is 2.34. The van der Waals surface area contributed by atoms with Gasteiger partial charge in [-0.1, -0.05) is 13.8 Å². The molecular weight excluding hydrogens is 218 g/mol. The van der Waals surface area contributed by atoms with Crippen molar-refractivity contribution in [1.82, 2.24) is 4.98 Å². The Labute approximate surface area is 100 Å². The van der Waals surface area contributed by atoms with E-state index >= 15 is 0 Å². The second-order valence-electron chi connectivity index (χ2n) is 3.76. The standard InChI is InChI=1S/C12H15N3O2/c1-3-12(4-2,11(16)17)15-10-7-9(8-13)5-6-14-10/h5-7H,3-4H2,1-2H3,(H,14,15)(H,16,17). The fraction of sp³-hybridized carbons (Fsp3) is 0.417. The van der Waals surface area contributed by atoms with Gasteiger partial charge in [0.05, 0.1) is 11.6 Å². The lowest BCUT2D eigenvalue weighted by Crippen LogP contribution is -2.45. The van der Waals surface area contributed by atoms with Gasteiger partial charge in [0.1, 0.15) is 11.4 Å². The maximum atomic E-state index is 11.3. The van der Waals surface area contributed by atoms with Crippen LogP contribution in [-0.2, 0) is 4.79 Å². The van der Waals surface area contributed by atoms with Crippen LogP contribution in [0.4, 0.5) is 5.82 Å². The number of carbonyl (C=O) groups is 1. The number of carboxylic acid groups (broad SMARTS) is 1. The molecule has 5 nitrogen and oxygen atoms in total. The van der Waals surface area contributed by atoms with Gasteiger partial charge in [-0.2, -0.15) is 5.26 Å². The van der Waals surface area contributed by atoms with Gasteiger partial charge in [0.15, 0.2) is 0 Å². The first-order valence-electron chi connectivity index (χ1n) is 5.45. The van der Waals surface area contributed by atoms with Gasteiger partial charge < -0.3 is 10.4 Å². The number of hydrogen-bond acceptors (Lipinski definition) is 4. The molecule has 1 heterocycles. The third-order valence-corrected chi connectivity index (χ3v) is 2.87. The maximum Gasteiger partial charge on any atom is 0.329 e. The lowest BCUT2D eigenvalue weighted by molar-refractivity contribution is -0.142. The molecule has 5 heteroatoms. The molecule has 0 spiro atoms. The molecule has 0 fully saturated rings. The van der Waals surface area contributed by atoms with E-state index in [1.165, 1.54) is 6.20 Å². The van der Waals surface area contributed by atoms with Gasteiger partial charge >= 0.3 is 5.97 Å². The van der Waals surface area contributed by atoms with Gasteiger partial charge in [-0.25, -0.2) is 9.78 Å². The second-order valence-corrected chi connectivity index (χ2v) is 3.76. The van der Waals surface area contributed by atoms with Crippen molar-refractivity contribution in [3.8, 4) is 6.07 Å². The minimum absolute atomic E-state index is 0.412. The monoisotopic (exact) mass is 233 g/mol. The summed E-state index contributed by atoms with van der Waals surface area (Å²) >= 11 is 0. The van der Waals surface area contributed by atoms with E-state index in [2.05, 4.69) is 10.3 Å². The number of nitrogens with zero attached hydrogens (tertiary/aromatic N) is 2. The van der Waals surface area contributed by atoms with E-state index in [9.17, 15) is 9.90 Å². The van der Waals surface area contributed by atoms with Crippen molar-refractivity contribution in [1.29, 1.82) is 5.26 Å². The van der Waals surface area contributed by atoms with Crippen molar-refractivity contribution >= 4 is 11.8 Å². The highest BCUT2D eigenvalue weighted by molar-refractivity contribution is 5.82. The van der Waals surface area contributed by atoms with Crippen LogP contribution in [-0.4, -0.2) is 21.6 Å². The predicted octanol–water partition coefficient (Wildman–Crippen LogP) is 2.01. The van der Waals surface area contributed by atoms with Crippen LogP contribution in [0.15, 0.2) is 18.3 Å². The minimum atomic E-state index is -1.03. The second kappa shape index (κ2) is 5.30. The lowest BCUT2D eigenvalue weighted by Gasteiger charge is -2.28. The van der Waals surface area contributed by atoms with E-state index in [1.54, 1.807) is 26.0 Å². The van der Waals surface area contributed by atoms with Crippen LogP contribution in [0.1, 0.15) is 32.3 Å². The van der Waals surface area contributed by atoms with E-state index in [-0.39, 0.29) is 0 Å². The Morgan fingerprint density at radius 1 is 1.59 bits per heavy atom. The van der Waals surface area contributed by atoms with Crippen LogP contribution in [0.2, 0.25) is 0 Å². The Morgan fingerprint density at radius 2 is 2.24 bits per heavy atom. The number of carboxylic acids is 1. The van der Waals surface area contributed by atoms with Crippen LogP contribution in [0, 0.1) is 11.3 Å². The zero-order chi connectivity index (χ0) is 12.9. The molecule has 0 atom stereocenters. The van der Waals surface area contributed by atoms with E-state index in [0.717, 1.165) is 0 Å². The van der Waals surface area contributed by atoms with Crippen molar-refractivity contribution in [3.63, 3.8) is 0 Å². The van der Waals surface area contributed by atoms with Crippen LogP contribution >= 0.6 is 0 Å². The molecule has 0 unspecified atom stereocenters. The molecule has 0 bridgehead atoms. The summed E-state index contributed by atoms with van der Waals surface area (Å²) < 4.78 is 0. The average Bonchev–Trinajstić information content (AvgIpc) is 2.36. The third kappa shape index (κ3) is 2.72. The lowest BCUT2D eigenvalue weighted by atomic mass is 9.93. The van der Waals surface area contributed by atoms with Crippen LogP contribution in [0.3, 0.4) is 0 Å². The van der Waals surface area contributed by atoms with Crippen molar-refractivity contribution in [2.45, 2.75) is 32.2 Å². The molecular formula is C12H15N3O2. The zero-order valence-corrected chi connectivity index (χ0v) is 9.90. The first-order valence-corrected chi connectivity index (χ1v) is 5.45. The first kappa shape index (κ1) is 13.0. The van der Waals surface area contributed by atoms with E-state index < -0.39 is 11.5 Å². The molecule has 0 aromatic carbocycles. The highest BCUT2D eigenvalue weighted by Crippen LogP contribution is 2.21. The molecule has 0 amide bonds. The van der Waals surface area contributed by atoms with E-state index in [1.807, 2.05) is 6.07 Å². The average molecular weight is 233 g/mol. The molecule has 1 rings (SSSR count). The van der Waals surface area contributed by atoms with Gasteiger partial charge in [0.25, 0.3) is 0 Å². The molecule has 0 saturated heterocycles. The zero-order valence-electron chi connectivity index (χ0n) is 9.90. The summed E-state index contributed by atoms with van der Waals surface area (Å²) in [5.41, 5.74) is -0.574. The molecule has 17 heavy (non-hydrogen) atoms. The predicted molar refractivity (Wildman–Crippen MR) is 63.5 cm³/mol. The molecule has 0 aliphatic carbocycles. The summed E-state index contributed by atoms with van der Waals surface area (Å²) in [6, 6.07) is 5.11. The fourth-order valence-electron chi connectivity index (χ4n) is 1.60. The van der Waals surface area contributed by atoms with Gasteiger partial charge in [0, 0.05) is 6.20 Å². The Hall–Kier alpha value is -2.09. The molecule has 2 N–H and O–H groups in total.